The van der Waals surface area contributed by atoms with Crippen LogP contribution in [-0.4, -0.2) is 34.8 Å². The molecule has 1 heterocycles. The highest BCUT2D eigenvalue weighted by Crippen LogP contribution is 2.38. The Kier molecular flexibility index (Phi) is 8.86. The molecule has 0 unspecified atom stereocenters. The molecule has 186 valence electrons. The molecule has 3 aromatic rings. The van der Waals surface area contributed by atoms with E-state index in [2.05, 4.69) is 59.2 Å². The maximum absolute atomic E-state index is 13.0. The molecular weight excluding hydrogens is 532 g/mol. The van der Waals surface area contributed by atoms with Crippen molar-refractivity contribution in [2.45, 2.75) is 27.7 Å². The summed E-state index contributed by atoms with van der Waals surface area (Å²) < 4.78 is 2.44. The second kappa shape index (κ2) is 11.6. The van der Waals surface area contributed by atoms with Gasteiger partial charge in [0.2, 0.25) is 0 Å². The minimum atomic E-state index is -1.06. The second-order valence-corrected chi connectivity index (χ2v) is 10.5. The molecule has 0 bridgehead atoms. The molecule has 9 heteroatoms. The van der Waals surface area contributed by atoms with Gasteiger partial charge in [-0.3, -0.25) is 0 Å². The van der Waals surface area contributed by atoms with Crippen LogP contribution in [0.4, 0.5) is 21.9 Å². The van der Waals surface area contributed by atoms with Crippen molar-refractivity contribution < 1.29 is 14.7 Å². The molecule has 3 rings (SSSR count). The standard InChI is InChI=1S/C26H30BrClN4O3/c1-16(2)14-31(15-17(3)4)24-21(28)12-20(32-11-5-6-23(32)25(33)34)13-22(24)30-26(35)29-19-9-7-18(27)8-10-19/h5-13,16-17H,14-15H2,1-4H3,(H,33,34)(H2,29,30,35). The molecule has 0 spiro atoms. The fourth-order valence-corrected chi connectivity index (χ4v) is 4.47. The van der Waals surface area contributed by atoms with Gasteiger partial charge in [-0.15, -0.1) is 0 Å². The summed E-state index contributed by atoms with van der Waals surface area (Å²) in [7, 11) is 0. The number of hydrogen-bond acceptors (Lipinski definition) is 3. The third kappa shape index (κ3) is 7.02. The molecule has 1 aromatic heterocycles. The number of aromatic carboxylic acids is 1. The number of nitrogens with zero attached hydrogens (tertiary/aromatic N) is 2. The predicted octanol–water partition coefficient (Wildman–Crippen LogP) is 7.35. The summed E-state index contributed by atoms with van der Waals surface area (Å²) in [5.74, 6) is -0.340. The van der Waals surface area contributed by atoms with Gasteiger partial charge in [0, 0.05) is 35.1 Å². The summed E-state index contributed by atoms with van der Waals surface area (Å²) in [4.78, 5) is 26.8. The van der Waals surface area contributed by atoms with Crippen molar-refractivity contribution in [3.63, 3.8) is 0 Å². The lowest BCUT2D eigenvalue weighted by Gasteiger charge is -2.31. The average molecular weight is 562 g/mol. The van der Waals surface area contributed by atoms with Crippen molar-refractivity contribution in [3.05, 3.63) is 69.9 Å². The third-order valence-corrected chi connectivity index (χ3v) is 5.95. The molecule has 0 aliphatic heterocycles. The number of anilines is 3. The van der Waals surface area contributed by atoms with Crippen LogP contribution >= 0.6 is 27.5 Å². The predicted molar refractivity (Wildman–Crippen MR) is 146 cm³/mol. The summed E-state index contributed by atoms with van der Waals surface area (Å²) in [6, 6.07) is 13.5. The molecule has 2 amide bonds. The van der Waals surface area contributed by atoms with E-state index in [1.54, 1.807) is 36.5 Å². The first-order valence-corrected chi connectivity index (χ1v) is 12.5. The molecule has 3 N–H and O–H groups in total. The minimum Gasteiger partial charge on any atom is -0.477 e. The molecule has 35 heavy (non-hydrogen) atoms. The Balaban J connectivity index is 2.07. The fraction of sp³-hybridized carbons (Fsp3) is 0.308. The van der Waals surface area contributed by atoms with Crippen LogP contribution in [0.3, 0.4) is 0 Å². The van der Waals surface area contributed by atoms with E-state index < -0.39 is 12.0 Å². The number of urea groups is 1. The van der Waals surface area contributed by atoms with Crippen LogP contribution < -0.4 is 15.5 Å². The van der Waals surface area contributed by atoms with E-state index in [-0.39, 0.29) is 5.69 Å². The smallest absolute Gasteiger partial charge is 0.352 e. The van der Waals surface area contributed by atoms with Crippen LogP contribution in [0.1, 0.15) is 38.2 Å². The lowest BCUT2D eigenvalue weighted by Crippen LogP contribution is -2.33. The van der Waals surface area contributed by atoms with Crippen LogP contribution in [0.15, 0.2) is 59.2 Å². The average Bonchev–Trinajstić information content (AvgIpc) is 3.24. The monoisotopic (exact) mass is 560 g/mol. The maximum Gasteiger partial charge on any atom is 0.352 e. The van der Waals surface area contributed by atoms with Gasteiger partial charge in [-0.25, -0.2) is 9.59 Å². The topological polar surface area (TPSA) is 86.6 Å². The van der Waals surface area contributed by atoms with Crippen LogP contribution in [0.25, 0.3) is 5.69 Å². The number of benzene rings is 2. The first-order chi connectivity index (χ1) is 16.5. The highest BCUT2D eigenvalue weighted by atomic mass is 79.9. The largest absolute Gasteiger partial charge is 0.477 e. The molecule has 7 nitrogen and oxygen atoms in total. The van der Waals surface area contributed by atoms with Gasteiger partial charge >= 0.3 is 12.0 Å². The quantitative estimate of drug-likeness (QED) is 0.255. The van der Waals surface area contributed by atoms with Gasteiger partial charge in [-0.05, 0) is 60.4 Å². The molecular formula is C26H30BrClN4O3. The van der Waals surface area contributed by atoms with Crippen LogP contribution in [0.5, 0.6) is 0 Å². The Morgan fingerprint density at radius 3 is 2.23 bits per heavy atom. The van der Waals surface area contributed by atoms with Crippen molar-refractivity contribution in [1.82, 2.24) is 4.57 Å². The number of amides is 2. The van der Waals surface area contributed by atoms with Gasteiger partial charge < -0.3 is 25.2 Å². The Bertz CT molecular complexity index is 1180. The zero-order chi connectivity index (χ0) is 25.7. The number of hydrogen-bond donors (Lipinski definition) is 3. The lowest BCUT2D eigenvalue weighted by molar-refractivity contribution is 0.0688. The molecule has 0 aliphatic rings. The minimum absolute atomic E-state index is 0.0975. The van der Waals surface area contributed by atoms with Gasteiger partial charge in [0.15, 0.2) is 0 Å². The van der Waals surface area contributed by atoms with Gasteiger partial charge in [0.1, 0.15) is 5.69 Å². The van der Waals surface area contributed by atoms with E-state index in [0.29, 0.717) is 39.6 Å². The number of rotatable bonds is 9. The maximum atomic E-state index is 13.0. The zero-order valence-corrected chi connectivity index (χ0v) is 22.5. The Morgan fingerprint density at radius 1 is 1.03 bits per heavy atom. The SMILES string of the molecule is CC(C)CN(CC(C)C)c1c(Cl)cc(-n2cccc2C(=O)O)cc1NC(=O)Nc1ccc(Br)cc1. The van der Waals surface area contributed by atoms with Crippen LogP contribution in [0.2, 0.25) is 5.02 Å². The molecule has 2 aromatic carbocycles. The lowest BCUT2D eigenvalue weighted by atomic mass is 10.1. The van der Waals surface area contributed by atoms with Crippen molar-refractivity contribution in [1.29, 1.82) is 0 Å². The molecule has 0 saturated carbocycles. The highest BCUT2D eigenvalue weighted by molar-refractivity contribution is 9.10. The Labute approximate surface area is 219 Å². The van der Waals surface area contributed by atoms with Crippen LogP contribution in [-0.2, 0) is 0 Å². The summed E-state index contributed by atoms with van der Waals surface area (Å²) in [6.45, 7) is 9.99. The molecule has 0 radical (unpaired) electrons. The molecule has 0 atom stereocenters. The van der Waals surface area contributed by atoms with E-state index in [4.69, 9.17) is 11.6 Å². The summed E-state index contributed by atoms with van der Waals surface area (Å²) in [5.41, 5.74) is 2.46. The summed E-state index contributed by atoms with van der Waals surface area (Å²) in [5, 5.41) is 15.8. The van der Waals surface area contributed by atoms with E-state index >= 15 is 0 Å². The van der Waals surface area contributed by atoms with Crippen molar-refractivity contribution in [3.8, 4) is 5.69 Å². The molecule has 0 aliphatic carbocycles. The first-order valence-electron chi connectivity index (χ1n) is 11.4. The third-order valence-electron chi connectivity index (χ3n) is 5.13. The number of carbonyl (C=O) groups is 2. The van der Waals surface area contributed by atoms with E-state index in [1.807, 2.05) is 12.1 Å². The normalized spacial score (nSPS) is 11.1. The van der Waals surface area contributed by atoms with Crippen LogP contribution in [0, 0.1) is 11.8 Å². The van der Waals surface area contributed by atoms with Gasteiger partial charge in [0.05, 0.1) is 16.4 Å². The zero-order valence-electron chi connectivity index (χ0n) is 20.2. The fourth-order valence-electron chi connectivity index (χ4n) is 3.88. The summed E-state index contributed by atoms with van der Waals surface area (Å²) >= 11 is 10.2. The number of aromatic nitrogens is 1. The number of carboxylic acids is 1. The van der Waals surface area contributed by atoms with Gasteiger partial charge in [-0.1, -0.05) is 55.2 Å². The number of carboxylic acid groups (broad SMARTS) is 1. The van der Waals surface area contributed by atoms with Crippen molar-refractivity contribution in [2.75, 3.05) is 28.6 Å². The second-order valence-electron chi connectivity index (χ2n) is 9.17. The van der Waals surface area contributed by atoms with E-state index in [1.165, 1.54) is 10.6 Å². The molecule has 0 fully saturated rings. The van der Waals surface area contributed by atoms with Gasteiger partial charge in [-0.2, -0.15) is 0 Å². The Morgan fingerprint density at radius 2 is 1.66 bits per heavy atom. The van der Waals surface area contributed by atoms with E-state index in [0.717, 1.165) is 17.6 Å². The number of nitrogens with one attached hydrogen (secondary N) is 2. The van der Waals surface area contributed by atoms with Crippen molar-refractivity contribution >= 4 is 56.6 Å². The molecule has 0 saturated heterocycles. The number of halogens is 2. The van der Waals surface area contributed by atoms with Gasteiger partial charge in [0.25, 0.3) is 0 Å². The van der Waals surface area contributed by atoms with E-state index in [9.17, 15) is 14.7 Å². The number of carbonyl (C=O) groups excluding carboxylic acids is 1. The first kappa shape index (κ1) is 26.6. The Hall–Kier alpha value is -2.97. The summed E-state index contributed by atoms with van der Waals surface area (Å²) in [6.07, 6.45) is 1.65. The van der Waals surface area contributed by atoms with Crippen molar-refractivity contribution in [2.24, 2.45) is 11.8 Å². The highest BCUT2D eigenvalue weighted by Gasteiger charge is 2.22.